The second-order valence-electron chi connectivity index (χ2n) is 4.33. The van der Waals surface area contributed by atoms with Gasteiger partial charge in [0.05, 0.1) is 5.69 Å². The van der Waals surface area contributed by atoms with Crippen molar-refractivity contribution in [2.75, 3.05) is 11.9 Å². The number of anilines is 1. The summed E-state index contributed by atoms with van der Waals surface area (Å²) < 4.78 is 31.2. The zero-order valence-electron chi connectivity index (χ0n) is 11.2. The van der Waals surface area contributed by atoms with Gasteiger partial charge >= 0.3 is 0 Å². The van der Waals surface area contributed by atoms with E-state index < -0.39 is 11.6 Å². The van der Waals surface area contributed by atoms with Crippen molar-refractivity contribution in [1.82, 2.24) is 4.98 Å². The monoisotopic (exact) mass is 278 g/mol. The van der Waals surface area contributed by atoms with E-state index in [0.717, 1.165) is 36.5 Å². The number of hydrogen-bond acceptors (Lipinski definition) is 3. The van der Waals surface area contributed by atoms with Gasteiger partial charge in [-0.3, -0.25) is 4.98 Å². The molecule has 0 bridgehead atoms. The summed E-state index contributed by atoms with van der Waals surface area (Å²) in [5, 5.41) is 3.24. The summed E-state index contributed by atoms with van der Waals surface area (Å²) in [5.74, 6) is -1.53. The predicted molar refractivity (Wildman–Crippen MR) is 73.7 cm³/mol. The Hall–Kier alpha value is -2.17. The first-order valence-electron chi connectivity index (χ1n) is 6.45. The van der Waals surface area contributed by atoms with Crippen molar-refractivity contribution in [3.05, 3.63) is 53.9 Å². The number of hydrogen-bond donors (Lipinski definition) is 1. The Balaban J connectivity index is 1.97. The third-order valence-corrected chi connectivity index (χ3v) is 2.67. The van der Waals surface area contributed by atoms with Gasteiger partial charge < -0.3 is 10.1 Å². The minimum Gasteiger partial charge on any atom is -0.487 e. The lowest BCUT2D eigenvalue weighted by Crippen LogP contribution is -2.03. The quantitative estimate of drug-likeness (QED) is 0.873. The Kier molecular flexibility index (Phi) is 4.87. The largest absolute Gasteiger partial charge is 0.487 e. The van der Waals surface area contributed by atoms with Gasteiger partial charge in [-0.2, -0.15) is 0 Å². The summed E-state index contributed by atoms with van der Waals surface area (Å²) in [6.07, 6.45) is 2.71. The molecular weight excluding hydrogens is 262 g/mol. The number of nitrogens with zero attached hydrogens (tertiary/aromatic N) is 1. The molecule has 20 heavy (non-hydrogen) atoms. The minimum absolute atomic E-state index is 0.201. The molecule has 1 N–H and O–H groups in total. The average molecular weight is 278 g/mol. The van der Waals surface area contributed by atoms with Gasteiger partial charge in [-0.15, -0.1) is 0 Å². The molecule has 0 spiro atoms. The molecule has 2 rings (SSSR count). The first-order chi connectivity index (χ1) is 9.69. The molecule has 2 aromatic rings. The van der Waals surface area contributed by atoms with Gasteiger partial charge in [0.25, 0.3) is 0 Å². The van der Waals surface area contributed by atoms with Crippen LogP contribution in [0.5, 0.6) is 5.75 Å². The second-order valence-corrected chi connectivity index (χ2v) is 4.33. The summed E-state index contributed by atoms with van der Waals surface area (Å²) in [6, 6.07) is 7.19. The van der Waals surface area contributed by atoms with Gasteiger partial charge in [0.15, 0.2) is 11.6 Å². The maximum absolute atomic E-state index is 13.0. The fraction of sp³-hybridized carbons (Fsp3) is 0.267. The van der Waals surface area contributed by atoms with Crippen molar-refractivity contribution in [3.63, 3.8) is 0 Å². The summed E-state index contributed by atoms with van der Waals surface area (Å²) in [7, 11) is 0. The van der Waals surface area contributed by atoms with Crippen LogP contribution in [-0.2, 0) is 6.61 Å². The number of benzene rings is 1. The first kappa shape index (κ1) is 14.2. The van der Waals surface area contributed by atoms with Crippen LogP contribution in [0.3, 0.4) is 0 Å². The van der Waals surface area contributed by atoms with Crippen LogP contribution in [-0.4, -0.2) is 11.5 Å². The highest BCUT2D eigenvalue weighted by molar-refractivity contribution is 5.43. The zero-order chi connectivity index (χ0) is 14.4. The molecule has 0 radical (unpaired) electrons. The van der Waals surface area contributed by atoms with Crippen LogP contribution in [0.1, 0.15) is 19.0 Å². The molecule has 1 heterocycles. The molecule has 0 saturated heterocycles. The van der Waals surface area contributed by atoms with Crippen molar-refractivity contribution in [2.24, 2.45) is 0 Å². The molecule has 0 saturated carbocycles. The molecule has 106 valence electrons. The van der Waals surface area contributed by atoms with Crippen molar-refractivity contribution < 1.29 is 13.5 Å². The Morgan fingerprint density at radius 2 is 2.00 bits per heavy atom. The van der Waals surface area contributed by atoms with Gasteiger partial charge in [-0.25, -0.2) is 8.78 Å². The lowest BCUT2D eigenvalue weighted by molar-refractivity contribution is 0.298. The van der Waals surface area contributed by atoms with Crippen LogP contribution >= 0.6 is 0 Å². The Morgan fingerprint density at radius 1 is 1.15 bits per heavy atom. The zero-order valence-corrected chi connectivity index (χ0v) is 11.2. The van der Waals surface area contributed by atoms with Gasteiger partial charge in [0.2, 0.25) is 0 Å². The standard InChI is InChI=1S/C15H16F2N2O/c1-2-6-18-11-5-7-19-12(8-11)10-20-13-3-4-14(16)15(17)9-13/h3-5,7-9H,2,6,10H2,1H3,(H,18,19). The molecular formula is C15H16F2N2O. The highest BCUT2D eigenvalue weighted by Gasteiger charge is 2.04. The lowest BCUT2D eigenvalue weighted by Gasteiger charge is -2.08. The van der Waals surface area contributed by atoms with Gasteiger partial charge in [-0.05, 0) is 30.7 Å². The SMILES string of the molecule is CCCNc1ccnc(COc2ccc(F)c(F)c2)c1. The highest BCUT2D eigenvalue weighted by Crippen LogP contribution is 2.17. The van der Waals surface area contributed by atoms with E-state index in [1.165, 1.54) is 6.07 Å². The predicted octanol–water partition coefficient (Wildman–Crippen LogP) is 3.76. The minimum atomic E-state index is -0.922. The molecule has 1 aromatic heterocycles. The molecule has 0 aliphatic rings. The van der Waals surface area contributed by atoms with Crippen LogP contribution in [0, 0.1) is 11.6 Å². The molecule has 0 amide bonds. The van der Waals surface area contributed by atoms with Crippen LogP contribution in [0.4, 0.5) is 14.5 Å². The summed E-state index contributed by atoms with van der Waals surface area (Å²) in [6.45, 7) is 3.17. The van der Waals surface area contributed by atoms with E-state index in [-0.39, 0.29) is 12.4 Å². The maximum Gasteiger partial charge on any atom is 0.162 e. The Bertz CT molecular complexity index is 576. The van der Waals surface area contributed by atoms with E-state index in [1.807, 2.05) is 12.1 Å². The number of rotatable bonds is 6. The van der Waals surface area contributed by atoms with E-state index >= 15 is 0 Å². The van der Waals surface area contributed by atoms with Crippen LogP contribution in [0.2, 0.25) is 0 Å². The van der Waals surface area contributed by atoms with Crippen LogP contribution in [0.25, 0.3) is 0 Å². The van der Waals surface area contributed by atoms with E-state index in [2.05, 4.69) is 17.2 Å². The van der Waals surface area contributed by atoms with Crippen LogP contribution < -0.4 is 10.1 Å². The van der Waals surface area contributed by atoms with Gasteiger partial charge in [0.1, 0.15) is 12.4 Å². The van der Waals surface area contributed by atoms with Crippen LogP contribution in [0.15, 0.2) is 36.5 Å². The summed E-state index contributed by atoms with van der Waals surface area (Å²) in [4.78, 5) is 4.17. The van der Waals surface area contributed by atoms with Gasteiger partial charge in [0, 0.05) is 24.5 Å². The van der Waals surface area contributed by atoms with Gasteiger partial charge in [-0.1, -0.05) is 6.92 Å². The number of pyridine rings is 1. The average Bonchev–Trinajstić information content (AvgIpc) is 2.47. The molecule has 0 aliphatic carbocycles. The smallest absolute Gasteiger partial charge is 0.162 e. The fourth-order valence-corrected chi connectivity index (χ4v) is 1.66. The third-order valence-electron chi connectivity index (χ3n) is 2.67. The molecule has 0 unspecified atom stereocenters. The fourth-order valence-electron chi connectivity index (χ4n) is 1.66. The molecule has 1 aromatic carbocycles. The van der Waals surface area contributed by atoms with E-state index in [4.69, 9.17) is 4.74 Å². The normalized spacial score (nSPS) is 10.3. The third kappa shape index (κ3) is 3.91. The van der Waals surface area contributed by atoms with E-state index in [1.54, 1.807) is 6.20 Å². The highest BCUT2D eigenvalue weighted by atomic mass is 19.2. The Labute approximate surface area is 116 Å². The topological polar surface area (TPSA) is 34.2 Å². The van der Waals surface area contributed by atoms with Crippen molar-refractivity contribution in [2.45, 2.75) is 20.0 Å². The molecule has 0 atom stereocenters. The van der Waals surface area contributed by atoms with Crippen molar-refractivity contribution in [3.8, 4) is 5.75 Å². The lowest BCUT2D eigenvalue weighted by atomic mass is 10.3. The first-order valence-corrected chi connectivity index (χ1v) is 6.45. The Morgan fingerprint density at radius 3 is 2.75 bits per heavy atom. The van der Waals surface area contributed by atoms with E-state index in [9.17, 15) is 8.78 Å². The summed E-state index contributed by atoms with van der Waals surface area (Å²) >= 11 is 0. The molecule has 0 aliphatic heterocycles. The molecule has 0 fully saturated rings. The number of nitrogens with one attached hydrogen (secondary N) is 1. The molecule has 5 heteroatoms. The number of aromatic nitrogens is 1. The van der Waals surface area contributed by atoms with Crippen molar-refractivity contribution in [1.29, 1.82) is 0 Å². The summed E-state index contributed by atoms with van der Waals surface area (Å²) in [5.41, 5.74) is 1.68. The van der Waals surface area contributed by atoms with E-state index in [0.29, 0.717) is 0 Å². The van der Waals surface area contributed by atoms with Crippen molar-refractivity contribution >= 4 is 5.69 Å². The number of halogens is 2. The maximum atomic E-state index is 13.0. The number of ether oxygens (including phenoxy) is 1. The molecule has 3 nitrogen and oxygen atoms in total. The second kappa shape index (κ2) is 6.84.